The van der Waals surface area contributed by atoms with E-state index in [9.17, 15) is 13.2 Å². The molecule has 3 aromatic carbocycles. The van der Waals surface area contributed by atoms with Crippen molar-refractivity contribution in [3.8, 4) is 0 Å². The van der Waals surface area contributed by atoms with Crippen LogP contribution in [0.2, 0.25) is 0 Å². The van der Waals surface area contributed by atoms with Crippen molar-refractivity contribution in [1.29, 1.82) is 0 Å². The maximum Gasteiger partial charge on any atom is 0.251 e. The Morgan fingerprint density at radius 1 is 0.882 bits per heavy atom. The second-order valence-electron chi connectivity index (χ2n) is 9.16. The number of carbonyl (C=O) groups excluding carboxylic acids is 1. The number of amides is 1. The molecule has 1 aromatic heterocycles. The van der Waals surface area contributed by atoms with Crippen LogP contribution in [0.15, 0.2) is 65.6 Å². The molecule has 0 spiro atoms. The van der Waals surface area contributed by atoms with E-state index in [0.29, 0.717) is 22.9 Å². The second-order valence-corrected chi connectivity index (χ2v) is 11.4. The van der Waals surface area contributed by atoms with Gasteiger partial charge in [-0.3, -0.25) is 4.79 Å². The SMILES string of the molecule is CCn1c2ccc(CC(C)C)cc2c2cc(C(=O)NCc3ccc(S(=O)(=O)CC)cc3)ccc21. The number of rotatable bonds is 8. The summed E-state index contributed by atoms with van der Waals surface area (Å²) < 4.78 is 26.3. The number of aromatic nitrogens is 1. The van der Waals surface area contributed by atoms with Gasteiger partial charge in [-0.05, 0) is 72.9 Å². The largest absolute Gasteiger partial charge is 0.348 e. The van der Waals surface area contributed by atoms with Crippen molar-refractivity contribution in [2.24, 2.45) is 5.92 Å². The van der Waals surface area contributed by atoms with Gasteiger partial charge in [-0.25, -0.2) is 8.42 Å². The summed E-state index contributed by atoms with van der Waals surface area (Å²) in [6, 6.07) is 19.2. The zero-order valence-corrected chi connectivity index (χ0v) is 21.1. The van der Waals surface area contributed by atoms with Crippen LogP contribution in [0.25, 0.3) is 21.8 Å². The molecule has 5 nitrogen and oxygen atoms in total. The topological polar surface area (TPSA) is 68.2 Å². The monoisotopic (exact) mass is 476 g/mol. The molecule has 1 N–H and O–H groups in total. The van der Waals surface area contributed by atoms with Gasteiger partial charge >= 0.3 is 0 Å². The van der Waals surface area contributed by atoms with Crippen LogP contribution in [0.1, 0.15) is 49.2 Å². The van der Waals surface area contributed by atoms with E-state index in [4.69, 9.17) is 0 Å². The summed E-state index contributed by atoms with van der Waals surface area (Å²) in [5.41, 5.74) is 5.08. The highest BCUT2D eigenvalue weighted by molar-refractivity contribution is 7.91. The molecular formula is C28H32N2O3S. The molecule has 1 amide bonds. The van der Waals surface area contributed by atoms with Gasteiger partial charge in [0.2, 0.25) is 0 Å². The Hall–Kier alpha value is -3.12. The summed E-state index contributed by atoms with van der Waals surface area (Å²) in [5, 5.41) is 5.23. The fourth-order valence-corrected chi connectivity index (χ4v) is 5.38. The molecule has 0 atom stereocenters. The van der Waals surface area contributed by atoms with Gasteiger partial charge in [-0.1, -0.05) is 39.0 Å². The van der Waals surface area contributed by atoms with Crippen molar-refractivity contribution in [2.75, 3.05) is 5.75 Å². The average molecular weight is 477 g/mol. The summed E-state index contributed by atoms with van der Waals surface area (Å²) >= 11 is 0. The zero-order chi connectivity index (χ0) is 24.5. The number of nitrogens with zero attached hydrogens (tertiary/aromatic N) is 1. The third kappa shape index (κ3) is 4.73. The van der Waals surface area contributed by atoms with Crippen LogP contribution >= 0.6 is 0 Å². The molecule has 0 saturated heterocycles. The summed E-state index contributed by atoms with van der Waals surface area (Å²) in [6.07, 6.45) is 1.02. The van der Waals surface area contributed by atoms with Crippen LogP contribution in [0.4, 0.5) is 0 Å². The van der Waals surface area contributed by atoms with Gasteiger partial charge in [0.15, 0.2) is 9.84 Å². The number of carbonyl (C=O) groups is 1. The molecule has 0 unspecified atom stereocenters. The molecule has 34 heavy (non-hydrogen) atoms. The molecule has 4 rings (SSSR count). The molecule has 4 aromatic rings. The van der Waals surface area contributed by atoms with Gasteiger partial charge < -0.3 is 9.88 Å². The third-order valence-electron chi connectivity index (χ3n) is 6.27. The van der Waals surface area contributed by atoms with Crippen molar-refractivity contribution in [3.63, 3.8) is 0 Å². The maximum absolute atomic E-state index is 12.9. The van der Waals surface area contributed by atoms with Crippen molar-refractivity contribution in [1.82, 2.24) is 9.88 Å². The summed E-state index contributed by atoms with van der Waals surface area (Å²) in [7, 11) is -3.23. The number of sulfone groups is 1. The van der Waals surface area contributed by atoms with E-state index >= 15 is 0 Å². The minimum Gasteiger partial charge on any atom is -0.348 e. The normalized spacial score (nSPS) is 12.0. The molecule has 1 heterocycles. The first-order valence-electron chi connectivity index (χ1n) is 11.9. The van der Waals surface area contributed by atoms with E-state index in [0.717, 1.165) is 29.4 Å². The van der Waals surface area contributed by atoms with E-state index in [1.54, 1.807) is 31.2 Å². The quantitative estimate of drug-likeness (QED) is 0.353. The van der Waals surface area contributed by atoms with Gasteiger partial charge in [0.25, 0.3) is 5.91 Å². The summed E-state index contributed by atoms with van der Waals surface area (Å²) in [4.78, 5) is 13.3. The standard InChI is InChI=1S/C28H32N2O3S/c1-5-30-26-13-9-21(15-19(3)4)16-24(26)25-17-22(10-14-27(25)30)28(31)29-18-20-7-11-23(12-8-20)34(32,33)6-2/h7-14,16-17,19H,5-6,15,18H2,1-4H3,(H,29,31). The van der Waals surface area contributed by atoms with Crippen LogP contribution in [0.3, 0.4) is 0 Å². The van der Waals surface area contributed by atoms with Crippen LogP contribution in [-0.2, 0) is 29.3 Å². The number of benzene rings is 3. The third-order valence-corrected chi connectivity index (χ3v) is 8.02. The fourth-order valence-electron chi connectivity index (χ4n) is 4.50. The first kappa shape index (κ1) is 24.0. The van der Waals surface area contributed by atoms with Gasteiger partial charge in [-0.2, -0.15) is 0 Å². The fraction of sp³-hybridized carbons (Fsp3) is 0.321. The highest BCUT2D eigenvalue weighted by atomic mass is 32.2. The molecular weight excluding hydrogens is 444 g/mol. The zero-order valence-electron chi connectivity index (χ0n) is 20.3. The number of hydrogen-bond acceptors (Lipinski definition) is 3. The van der Waals surface area contributed by atoms with E-state index < -0.39 is 9.84 Å². The Labute approximate surface area is 201 Å². The smallest absolute Gasteiger partial charge is 0.251 e. The Bertz CT molecular complexity index is 1450. The molecule has 0 saturated carbocycles. The number of hydrogen-bond donors (Lipinski definition) is 1. The average Bonchev–Trinajstić information content (AvgIpc) is 3.14. The summed E-state index contributed by atoms with van der Waals surface area (Å²) in [6.45, 7) is 9.40. The van der Waals surface area contributed by atoms with Gasteiger partial charge in [0, 0.05) is 40.5 Å². The maximum atomic E-state index is 12.9. The Balaban J connectivity index is 1.60. The Kier molecular flexibility index (Phi) is 6.80. The number of fused-ring (bicyclic) bond motifs is 3. The van der Waals surface area contributed by atoms with E-state index in [1.807, 2.05) is 18.2 Å². The van der Waals surface area contributed by atoms with Crippen molar-refractivity contribution >= 4 is 37.6 Å². The second kappa shape index (κ2) is 9.63. The molecule has 0 fully saturated rings. The number of nitrogens with one attached hydrogen (secondary N) is 1. The minimum atomic E-state index is -3.23. The van der Waals surface area contributed by atoms with Crippen LogP contribution in [-0.4, -0.2) is 24.6 Å². The predicted molar refractivity (Wildman–Crippen MR) is 139 cm³/mol. The van der Waals surface area contributed by atoms with Gasteiger partial charge in [-0.15, -0.1) is 0 Å². The highest BCUT2D eigenvalue weighted by Gasteiger charge is 2.15. The minimum absolute atomic E-state index is 0.0684. The molecule has 0 aliphatic carbocycles. The lowest BCUT2D eigenvalue weighted by atomic mass is 10.0. The Morgan fingerprint density at radius 3 is 2.12 bits per heavy atom. The van der Waals surface area contributed by atoms with Crippen molar-refractivity contribution in [3.05, 3.63) is 77.4 Å². The predicted octanol–water partition coefficient (Wildman–Crippen LogP) is 5.74. The molecule has 0 aliphatic heterocycles. The molecule has 0 bridgehead atoms. The van der Waals surface area contributed by atoms with E-state index in [-0.39, 0.29) is 11.7 Å². The van der Waals surface area contributed by atoms with Crippen molar-refractivity contribution < 1.29 is 13.2 Å². The lowest BCUT2D eigenvalue weighted by Gasteiger charge is -2.08. The van der Waals surface area contributed by atoms with Crippen LogP contribution in [0, 0.1) is 5.92 Å². The Morgan fingerprint density at radius 2 is 1.50 bits per heavy atom. The van der Waals surface area contributed by atoms with Gasteiger partial charge in [0.1, 0.15) is 0 Å². The molecule has 6 heteroatoms. The van der Waals surface area contributed by atoms with Crippen LogP contribution < -0.4 is 5.32 Å². The van der Waals surface area contributed by atoms with Gasteiger partial charge in [0.05, 0.1) is 10.6 Å². The highest BCUT2D eigenvalue weighted by Crippen LogP contribution is 2.31. The van der Waals surface area contributed by atoms with E-state index in [2.05, 4.69) is 48.9 Å². The molecule has 178 valence electrons. The summed E-state index contributed by atoms with van der Waals surface area (Å²) in [5.74, 6) is 0.497. The number of aryl methyl sites for hydroxylation is 1. The van der Waals surface area contributed by atoms with E-state index in [1.165, 1.54) is 16.5 Å². The lowest BCUT2D eigenvalue weighted by Crippen LogP contribution is -2.22. The van der Waals surface area contributed by atoms with Crippen molar-refractivity contribution in [2.45, 2.75) is 52.1 Å². The first-order chi connectivity index (χ1) is 16.2. The molecule has 0 aliphatic rings. The lowest BCUT2D eigenvalue weighted by molar-refractivity contribution is 0.0951. The van der Waals surface area contributed by atoms with Crippen LogP contribution in [0.5, 0.6) is 0 Å². The molecule has 0 radical (unpaired) electrons. The first-order valence-corrected chi connectivity index (χ1v) is 13.5.